The number of carbonyl (C=O) groups excluding carboxylic acids is 1. The zero-order valence-electron chi connectivity index (χ0n) is 11.0. The van der Waals surface area contributed by atoms with Gasteiger partial charge >= 0.3 is 0 Å². The van der Waals surface area contributed by atoms with Crippen molar-refractivity contribution < 1.29 is 4.79 Å². The minimum atomic E-state index is -0.266. The van der Waals surface area contributed by atoms with E-state index < -0.39 is 0 Å². The summed E-state index contributed by atoms with van der Waals surface area (Å²) >= 11 is 2.71. The van der Waals surface area contributed by atoms with Crippen molar-refractivity contribution in [3.05, 3.63) is 15.6 Å². The zero-order chi connectivity index (χ0) is 13.8. The van der Waals surface area contributed by atoms with Crippen LogP contribution in [0.3, 0.4) is 0 Å². The summed E-state index contributed by atoms with van der Waals surface area (Å²) in [6.45, 7) is 6.76. The second-order valence-electron chi connectivity index (χ2n) is 3.77. The van der Waals surface area contributed by atoms with Crippen molar-refractivity contribution in [3.8, 4) is 0 Å². The number of anilines is 2. The van der Waals surface area contributed by atoms with Gasteiger partial charge in [0.2, 0.25) is 10.1 Å². The summed E-state index contributed by atoms with van der Waals surface area (Å²) in [7, 11) is 0. The van der Waals surface area contributed by atoms with E-state index in [0.717, 1.165) is 23.5 Å². The van der Waals surface area contributed by atoms with Gasteiger partial charge in [-0.15, -0.1) is 21.5 Å². The van der Waals surface area contributed by atoms with Crippen molar-refractivity contribution >= 4 is 38.8 Å². The van der Waals surface area contributed by atoms with E-state index in [1.165, 1.54) is 22.7 Å². The Bertz CT molecular complexity index is 577. The molecule has 0 aliphatic rings. The number of rotatable bonds is 5. The van der Waals surface area contributed by atoms with E-state index >= 15 is 0 Å². The Morgan fingerprint density at radius 3 is 2.63 bits per heavy atom. The Kier molecular flexibility index (Phi) is 4.43. The normalized spacial score (nSPS) is 10.5. The Balaban J connectivity index is 2.06. The van der Waals surface area contributed by atoms with Gasteiger partial charge in [0.1, 0.15) is 0 Å². The molecule has 0 aliphatic carbocycles. The molecule has 0 fully saturated rings. The van der Waals surface area contributed by atoms with Gasteiger partial charge in [-0.05, 0) is 20.3 Å². The molecule has 2 heterocycles. The lowest BCUT2D eigenvalue weighted by atomic mass is 10.3. The predicted octanol–water partition coefficient (Wildman–Crippen LogP) is 2.55. The van der Waals surface area contributed by atoms with Gasteiger partial charge in [-0.2, -0.15) is 0 Å². The number of thiazole rings is 1. The molecule has 0 bridgehead atoms. The van der Waals surface area contributed by atoms with Crippen molar-refractivity contribution in [1.29, 1.82) is 0 Å². The molecule has 0 aliphatic heterocycles. The molecule has 2 N–H and O–H groups in total. The first kappa shape index (κ1) is 13.9. The SMILES string of the molecule is CCNc1nnc(C(=O)Nc2nc(CC)c(C)s2)s1. The summed E-state index contributed by atoms with van der Waals surface area (Å²) < 4.78 is 0. The molecule has 0 spiro atoms. The molecule has 19 heavy (non-hydrogen) atoms. The predicted molar refractivity (Wildman–Crippen MR) is 78.3 cm³/mol. The van der Waals surface area contributed by atoms with Crippen molar-refractivity contribution in [3.63, 3.8) is 0 Å². The molecule has 0 radical (unpaired) electrons. The summed E-state index contributed by atoms with van der Waals surface area (Å²) in [6, 6.07) is 0. The maximum atomic E-state index is 12.0. The highest BCUT2D eigenvalue weighted by Gasteiger charge is 2.15. The van der Waals surface area contributed by atoms with Crippen molar-refractivity contribution in [2.45, 2.75) is 27.2 Å². The van der Waals surface area contributed by atoms with E-state index in [0.29, 0.717) is 15.3 Å². The summed E-state index contributed by atoms with van der Waals surface area (Å²) in [5.74, 6) is -0.266. The Labute approximate surface area is 119 Å². The number of nitrogens with zero attached hydrogens (tertiary/aromatic N) is 3. The number of aromatic nitrogens is 3. The van der Waals surface area contributed by atoms with Crippen LogP contribution in [0.2, 0.25) is 0 Å². The first-order valence-corrected chi connectivity index (χ1v) is 7.62. The standard InChI is InChI=1S/C11H15N5OS2/c1-4-7-6(3)18-11(13-7)14-8(17)9-15-16-10(19-9)12-5-2/h4-5H2,1-3H3,(H,12,16)(H,13,14,17). The smallest absolute Gasteiger partial charge is 0.288 e. The molecule has 0 aromatic carbocycles. The number of hydrogen-bond acceptors (Lipinski definition) is 7. The van der Waals surface area contributed by atoms with Gasteiger partial charge in [0.15, 0.2) is 5.13 Å². The number of carbonyl (C=O) groups is 1. The maximum Gasteiger partial charge on any atom is 0.288 e. The van der Waals surface area contributed by atoms with Crippen LogP contribution in [0.25, 0.3) is 0 Å². The first-order chi connectivity index (χ1) is 9.13. The first-order valence-electron chi connectivity index (χ1n) is 5.99. The van der Waals surface area contributed by atoms with Crippen LogP contribution in [0, 0.1) is 6.92 Å². The highest BCUT2D eigenvalue weighted by atomic mass is 32.1. The van der Waals surface area contributed by atoms with Crippen LogP contribution >= 0.6 is 22.7 Å². The number of nitrogens with one attached hydrogen (secondary N) is 2. The highest BCUT2D eigenvalue weighted by molar-refractivity contribution is 7.17. The van der Waals surface area contributed by atoms with E-state index in [1.54, 1.807) is 0 Å². The van der Waals surface area contributed by atoms with Gasteiger partial charge in [0.05, 0.1) is 5.69 Å². The van der Waals surface area contributed by atoms with E-state index in [4.69, 9.17) is 0 Å². The summed E-state index contributed by atoms with van der Waals surface area (Å²) in [4.78, 5) is 17.5. The summed E-state index contributed by atoms with van der Waals surface area (Å²) in [5.41, 5.74) is 1.02. The molecule has 2 aromatic heterocycles. The fourth-order valence-electron chi connectivity index (χ4n) is 1.50. The molecule has 2 rings (SSSR count). The van der Waals surface area contributed by atoms with Gasteiger partial charge < -0.3 is 5.32 Å². The van der Waals surface area contributed by atoms with Crippen LogP contribution in [0.1, 0.15) is 34.2 Å². The second kappa shape index (κ2) is 6.07. The third kappa shape index (κ3) is 3.27. The fourth-order valence-corrected chi connectivity index (χ4v) is 3.10. The minimum absolute atomic E-state index is 0.266. The molecule has 1 amide bonds. The topological polar surface area (TPSA) is 79.8 Å². The van der Waals surface area contributed by atoms with Crippen LogP contribution < -0.4 is 10.6 Å². The summed E-state index contributed by atoms with van der Waals surface area (Å²) in [5, 5.41) is 15.1. The van der Waals surface area contributed by atoms with E-state index in [9.17, 15) is 4.79 Å². The van der Waals surface area contributed by atoms with Gasteiger partial charge in [-0.25, -0.2) is 4.98 Å². The van der Waals surface area contributed by atoms with E-state index in [1.807, 2.05) is 20.8 Å². The molecule has 0 unspecified atom stereocenters. The number of hydrogen-bond donors (Lipinski definition) is 2. The van der Waals surface area contributed by atoms with Crippen LogP contribution in [-0.4, -0.2) is 27.6 Å². The largest absolute Gasteiger partial charge is 0.360 e. The molecule has 6 nitrogen and oxygen atoms in total. The Hall–Kier alpha value is -1.54. The molecular weight excluding hydrogens is 282 g/mol. The van der Waals surface area contributed by atoms with Gasteiger partial charge in [0, 0.05) is 11.4 Å². The van der Waals surface area contributed by atoms with E-state index in [-0.39, 0.29) is 5.91 Å². The lowest BCUT2D eigenvalue weighted by molar-refractivity contribution is 0.102. The fraction of sp³-hybridized carbons (Fsp3) is 0.455. The van der Waals surface area contributed by atoms with Crippen LogP contribution in [-0.2, 0) is 6.42 Å². The lowest BCUT2D eigenvalue weighted by Crippen LogP contribution is -2.11. The summed E-state index contributed by atoms with van der Waals surface area (Å²) in [6.07, 6.45) is 0.863. The van der Waals surface area contributed by atoms with Gasteiger partial charge in [-0.1, -0.05) is 18.3 Å². The van der Waals surface area contributed by atoms with E-state index in [2.05, 4.69) is 25.8 Å². The molecule has 8 heteroatoms. The Morgan fingerprint density at radius 2 is 2.00 bits per heavy atom. The molecule has 102 valence electrons. The molecule has 0 atom stereocenters. The monoisotopic (exact) mass is 297 g/mol. The number of aryl methyl sites for hydroxylation is 2. The highest BCUT2D eigenvalue weighted by Crippen LogP contribution is 2.23. The quantitative estimate of drug-likeness (QED) is 0.886. The molecule has 2 aromatic rings. The van der Waals surface area contributed by atoms with Crippen molar-refractivity contribution in [1.82, 2.24) is 15.2 Å². The Morgan fingerprint density at radius 1 is 1.21 bits per heavy atom. The molecular formula is C11H15N5OS2. The maximum absolute atomic E-state index is 12.0. The van der Waals surface area contributed by atoms with Crippen LogP contribution in [0.4, 0.5) is 10.3 Å². The lowest BCUT2D eigenvalue weighted by Gasteiger charge is -1.96. The average molecular weight is 297 g/mol. The molecule has 0 saturated carbocycles. The van der Waals surface area contributed by atoms with Crippen molar-refractivity contribution in [2.24, 2.45) is 0 Å². The average Bonchev–Trinajstić information content (AvgIpc) is 2.96. The zero-order valence-corrected chi connectivity index (χ0v) is 12.6. The third-order valence-electron chi connectivity index (χ3n) is 2.40. The van der Waals surface area contributed by atoms with Crippen molar-refractivity contribution in [2.75, 3.05) is 17.2 Å². The minimum Gasteiger partial charge on any atom is -0.360 e. The van der Waals surface area contributed by atoms with Crippen LogP contribution in [0.5, 0.6) is 0 Å². The second-order valence-corrected chi connectivity index (χ2v) is 5.95. The van der Waals surface area contributed by atoms with Gasteiger partial charge in [0.25, 0.3) is 5.91 Å². The third-order valence-corrected chi connectivity index (χ3v) is 4.20. The number of amides is 1. The van der Waals surface area contributed by atoms with Gasteiger partial charge in [-0.3, -0.25) is 10.1 Å². The van der Waals surface area contributed by atoms with Crippen LogP contribution in [0.15, 0.2) is 0 Å². The molecule has 0 saturated heterocycles.